The number of nitrogens with zero attached hydrogens (tertiary/aromatic N) is 1. The van der Waals surface area contributed by atoms with Gasteiger partial charge in [-0.05, 0) is 49.7 Å². The molecule has 1 aliphatic heterocycles. The largest absolute Gasteiger partial charge is 0.485 e. The highest BCUT2D eigenvalue weighted by Gasteiger charge is 2.29. The molecular weight excluding hydrogens is 319 g/mol. The van der Waals surface area contributed by atoms with Crippen LogP contribution < -0.4 is 10.1 Å². The van der Waals surface area contributed by atoms with Gasteiger partial charge in [-0.3, -0.25) is 4.98 Å². The Morgan fingerprint density at radius 2 is 2.09 bits per heavy atom. The van der Waals surface area contributed by atoms with E-state index in [-0.39, 0.29) is 6.10 Å². The monoisotopic (exact) mass is 336 g/mol. The van der Waals surface area contributed by atoms with Crippen LogP contribution in [0.3, 0.4) is 0 Å². The second kappa shape index (κ2) is 6.86. The van der Waals surface area contributed by atoms with Gasteiger partial charge >= 0.3 is 0 Å². The van der Waals surface area contributed by atoms with E-state index in [1.165, 1.54) is 0 Å². The van der Waals surface area contributed by atoms with E-state index in [0.717, 1.165) is 36.4 Å². The van der Waals surface area contributed by atoms with Gasteiger partial charge in [0.25, 0.3) is 0 Å². The quantitative estimate of drug-likeness (QED) is 0.896. The van der Waals surface area contributed by atoms with Crippen molar-refractivity contribution in [3.05, 3.63) is 57.8 Å². The van der Waals surface area contributed by atoms with Crippen molar-refractivity contribution < 1.29 is 4.74 Å². The fraction of sp³-hybridized carbons (Fsp3) is 0.353. The molecule has 1 aliphatic rings. The van der Waals surface area contributed by atoms with Crippen molar-refractivity contribution in [3.63, 3.8) is 0 Å². The minimum absolute atomic E-state index is 0.0684. The fourth-order valence-electron chi connectivity index (χ4n) is 2.84. The van der Waals surface area contributed by atoms with Crippen LogP contribution in [0.2, 0.25) is 10.0 Å². The van der Waals surface area contributed by atoms with E-state index in [0.29, 0.717) is 16.0 Å². The molecule has 0 aliphatic carbocycles. The number of aryl methyl sites for hydroxylation is 1. The maximum Gasteiger partial charge on any atom is 0.129 e. The van der Waals surface area contributed by atoms with Crippen LogP contribution in [0.1, 0.15) is 23.7 Å². The number of hydrogen-bond donors (Lipinski definition) is 1. The lowest BCUT2D eigenvalue weighted by molar-refractivity contribution is 0.143. The number of ether oxygens (including phenoxy) is 1. The summed E-state index contributed by atoms with van der Waals surface area (Å²) < 4.78 is 6.33. The van der Waals surface area contributed by atoms with Crippen molar-refractivity contribution >= 4 is 23.2 Å². The highest BCUT2D eigenvalue weighted by molar-refractivity contribution is 6.30. The molecule has 1 saturated heterocycles. The second-order valence-electron chi connectivity index (χ2n) is 5.64. The zero-order valence-electron chi connectivity index (χ0n) is 12.4. The molecule has 0 bridgehead atoms. The first-order valence-electron chi connectivity index (χ1n) is 7.37. The van der Waals surface area contributed by atoms with E-state index in [4.69, 9.17) is 27.9 Å². The third-order valence-electron chi connectivity index (χ3n) is 3.97. The van der Waals surface area contributed by atoms with E-state index < -0.39 is 0 Å². The first-order chi connectivity index (χ1) is 10.6. The Morgan fingerprint density at radius 3 is 2.77 bits per heavy atom. The van der Waals surface area contributed by atoms with Gasteiger partial charge in [-0.2, -0.15) is 0 Å². The van der Waals surface area contributed by atoms with Gasteiger partial charge in [-0.15, -0.1) is 0 Å². The van der Waals surface area contributed by atoms with Gasteiger partial charge in [0.15, 0.2) is 0 Å². The maximum absolute atomic E-state index is 6.33. The van der Waals surface area contributed by atoms with Crippen LogP contribution in [0.15, 0.2) is 36.7 Å². The summed E-state index contributed by atoms with van der Waals surface area (Å²) in [6.07, 6.45) is 4.48. The summed E-state index contributed by atoms with van der Waals surface area (Å²) in [6.45, 7) is 3.95. The Hall–Kier alpha value is -1.29. The SMILES string of the molecule is Cc1cc(Cl)ccc1O[C@@H](c1cncc(Cl)c1)[C@H]1CCNC1. The first-order valence-corrected chi connectivity index (χ1v) is 8.13. The minimum Gasteiger partial charge on any atom is -0.485 e. The molecule has 0 radical (unpaired) electrons. The molecule has 0 spiro atoms. The lowest BCUT2D eigenvalue weighted by Crippen LogP contribution is -2.21. The third kappa shape index (κ3) is 3.54. The lowest BCUT2D eigenvalue weighted by atomic mass is 9.95. The minimum atomic E-state index is -0.0684. The molecule has 1 fully saturated rings. The number of halogens is 2. The van der Waals surface area contributed by atoms with Crippen molar-refractivity contribution in [1.29, 1.82) is 0 Å². The Kier molecular flexibility index (Phi) is 4.87. The number of nitrogens with one attached hydrogen (secondary N) is 1. The van der Waals surface area contributed by atoms with Crippen molar-refractivity contribution in [3.8, 4) is 5.75 Å². The molecule has 1 N–H and O–H groups in total. The molecule has 2 atom stereocenters. The zero-order chi connectivity index (χ0) is 15.5. The third-order valence-corrected chi connectivity index (χ3v) is 4.41. The summed E-state index contributed by atoms with van der Waals surface area (Å²) in [5.74, 6) is 1.25. The number of benzene rings is 1. The highest BCUT2D eigenvalue weighted by atomic mass is 35.5. The van der Waals surface area contributed by atoms with Crippen LogP contribution >= 0.6 is 23.2 Å². The molecule has 2 heterocycles. The molecule has 1 aromatic heterocycles. The van der Waals surface area contributed by atoms with E-state index in [9.17, 15) is 0 Å². The fourth-order valence-corrected chi connectivity index (χ4v) is 3.25. The van der Waals surface area contributed by atoms with Gasteiger partial charge in [0.2, 0.25) is 0 Å². The van der Waals surface area contributed by atoms with Crippen LogP contribution in [0.5, 0.6) is 5.75 Å². The number of pyridine rings is 1. The molecule has 0 unspecified atom stereocenters. The van der Waals surface area contributed by atoms with Crippen molar-refractivity contribution in [1.82, 2.24) is 10.3 Å². The van der Waals surface area contributed by atoms with Gasteiger partial charge in [0.05, 0.1) is 5.02 Å². The average Bonchev–Trinajstić information content (AvgIpc) is 3.00. The number of hydrogen-bond acceptors (Lipinski definition) is 3. The summed E-state index contributed by atoms with van der Waals surface area (Å²) in [4.78, 5) is 4.20. The van der Waals surface area contributed by atoms with Crippen LogP contribution in [0.4, 0.5) is 0 Å². The highest BCUT2D eigenvalue weighted by Crippen LogP contribution is 2.34. The van der Waals surface area contributed by atoms with Gasteiger partial charge in [0, 0.05) is 35.4 Å². The smallest absolute Gasteiger partial charge is 0.129 e. The molecule has 116 valence electrons. The van der Waals surface area contributed by atoms with Crippen molar-refractivity contribution in [2.45, 2.75) is 19.4 Å². The molecule has 22 heavy (non-hydrogen) atoms. The van der Waals surface area contributed by atoms with Crippen LogP contribution in [-0.4, -0.2) is 18.1 Å². The van der Waals surface area contributed by atoms with Gasteiger partial charge < -0.3 is 10.1 Å². The maximum atomic E-state index is 6.33. The second-order valence-corrected chi connectivity index (χ2v) is 6.51. The van der Waals surface area contributed by atoms with E-state index in [1.54, 1.807) is 6.20 Å². The Bertz CT molecular complexity index is 657. The molecule has 3 rings (SSSR count). The number of rotatable bonds is 4. The Morgan fingerprint density at radius 1 is 1.23 bits per heavy atom. The number of aromatic nitrogens is 1. The van der Waals surface area contributed by atoms with Gasteiger partial charge in [-0.25, -0.2) is 0 Å². The van der Waals surface area contributed by atoms with Gasteiger partial charge in [-0.1, -0.05) is 23.2 Å². The normalized spacial score (nSPS) is 19.1. The molecule has 1 aromatic carbocycles. The molecular formula is C17H18Cl2N2O. The molecule has 0 saturated carbocycles. The topological polar surface area (TPSA) is 34.1 Å². The average molecular weight is 337 g/mol. The molecule has 5 heteroatoms. The van der Waals surface area contributed by atoms with Crippen LogP contribution in [0, 0.1) is 12.8 Å². The van der Waals surface area contributed by atoms with E-state index in [1.807, 2.05) is 37.4 Å². The predicted molar refractivity (Wildman–Crippen MR) is 89.8 cm³/mol. The van der Waals surface area contributed by atoms with Crippen molar-refractivity contribution in [2.24, 2.45) is 5.92 Å². The van der Waals surface area contributed by atoms with Gasteiger partial charge in [0.1, 0.15) is 11.9 Å². The summed E-state index contributed by atoms with van der Waals surface area (Å²) >= 11 is 12.1. The lowest BCUT2D eigenvalue weighted by Gasteiger charge is -2.25. The Labute approximate surface area is 140 Å². The molecule has 3 nitrogen and oxygen atoms in total. The Balaban J connectivity index is 1.91. The van der Waals surface area contributed by atoms with Crippen molar-refractivity contribution in [2.75, 3.05) is 13.1 Å². The first kappa shape index (κ1) is 15.6. The zero-order valence-corrected chi connectivity index (χ0v) is 13.9. The van der Waals surface area contributed by atoms with E-state index >= 15 is 0 Å². The predicted octanol–water partition coefficient (Wildman–Crippen LogP) is 4.43. The molecule has 0 amide bonds. The standard InChI is InChI=1S/C17H18Cl2N2O/c1-11-6-14(18)2-3-16(11)22-17(12-4-5-20-8-12)13-7-15(19)10-21-9-13/h2-3,6-7,9-10,12,17,20H,4-5,8H2,1H3/t12-,17+/m0/s1. The summed E-state index contributed by atoms with van der Waals surface area (Å²) in [5, 5.41) is 4.74. The van der Waals surface area contributed by atoms with E-state index in [2.05, 4.69) is 10.3 Å². The summed E-state index contributed by atoms with van der Waals surface area (Å²) in [6, 6.07) is 7.62. The molecule has 2 aromatic rings. The summed E-state index contributed by atoms with van der Waals surface area (Å²) in [7, 11) is 0. The summed E-state index contributed by atoms with van der Waals surface area (Å²) in [5.41, 5.74) is 2.04. The van der Waals surface area contributed by atoms with Crippen LogP contribution in [0.25, 0.3) is 0 Å². The van der Waals surface area contributed by atoms with Crippen LogP contribution in [-0.2, 0) is 0 Å².